The Morgan fingerprint density at radius 2 is 2.25 bits per heavy atom. The van der Waals surface area contributed by atoms with E-state index in [4.69, 9.17) is 11.6 Å². The molecule has 0 saturated heterocycles. The van der Waals surface area contributed by atoms with Crippen LogP contribution in [-0.2, 0) is 19.4 Å². The van der Waals surface area contributed by atoms with Gasteiger partial charge in [-0.3, -0.25) is 4.68 Å². The maximum atomic E-state index is 6.49. The molecule has 110 valence electrons. The van der Waals surface area contributed by atoms with E-state index in [1.54, 1.807) is 11.3 Å². The minimum Gasteiger partial charge on any atom is -0.312 e. The molecule has 0 saturated carbocycles. The monoisotopic (exact) mass is 375 g/mol. The van der Waals surface area contributed by atoms with Gasteiger partial charge in [-0.15, -0.1) is 11.3 Å². The maximum absolute atomic E-state index is 6.49. The molecule has 0 bridgehead atoms. The smallest absolute Gasteiger partial charge is 0.0850 e. The number of aromatic nitrogens is 2. The molecule has 0 aromatic carbocycles. The third-order valence-electron chi connectivity index (χ3n) is 3.40. The highest BCUT2D eigenvalue weighted by Gasteiger charge is 2.21. The highest BCUT2D eigenvalue weighted by Crippen LogP contribution is 2.33. The summed E-state index contributed by atoms with van der Waals surface area (Å²) >= 11 is 11.9. The molecule has 0 amide bonds. The van der Waals surface area contributed by atoms with Crippen LogP contribution in [0.2, 0.25) is 5.02 Å². The zero-order valence-electron chi connectivity index (χ0n) is 11.9. The van der Waals surface area contributed by atoms with Crippen LogP contribution < -0.4 is 5.32 Å². The van der Waals surface area contributed by atoms with Crippen molar-refractivity contribution in [2.45, 2.75) is 39.3 Å². The van der Waals surface area contributed by atoms with E-state index in [1.165, 1.54) is 4.88 Å². The Morgan fingerprint density at radius 1 is 1.50 bits per heavy atom. The zero-order chi connectivity index (χ0) is 14.7. The summed E-state index contributed by atoms with van der Waals surface area (Å²) < 4.78 is 3.17. The van der Waals surface area contributed by atoms with Crippen LogP contribution in [0.25, 0.3) is 0 Å². The van der Waals surface area contributed by atoms with Gasteiger partial charge in [0.05, 0.1) is 16.4 Å². The fourth-order valence-corrected chi connectivity index (χ4v) is 4.39. The van der Waals surface area contributed by atoms with E-state index in [9.17, 15) is 0 Å². The fourth-order valence-electron chi connectivity index (χ4n) is 2.29. The number of hydrogen-bond acceptors (Lipinski definition) is 3. The predicted molar refractivity (Wildman–Crippen MR) is 89.8 cm³/mol. The number of aryl methyl sites for hydroxylation is 2. The summed E-state index contributed by atoms with van der Waals surface area (Å²) in [5.74, 6) is 0. The van der Waals surface area contributed by atoms with Gasteiger partial charge in [-0.1, -0.05) is 18.5 Å². The van der Waals surface area contributed by atoms with Crippen molar-refractivity contribution in [1.29, 1.82) is 0 Å². The van der Waals surface area contributed by atoms with Crippen LogP contribution >= 0.6 is 38.9 Å². The number of halogens is 2. The lowest BCUT2D eigenvalue weighted by atomic mass is 10.1. The standard InChI is InChI=1S/C14H19BrClN3S/c1-4-10-13(16)12(19(5-2)18-10)8-11(17-3)14-9(15)6-7-20-14/h6-7,11,17H,4-5,8H2,1-3H3. The van der Waals surface area contributed by atoms with E-state index >= 15 is 0 Å². The lowest BCUT2D eigenvalue weighted by Crippen LogP contribution is -2.20. The number of nitrogens with one attached hydrogen (secondary N) is 1. The van der Waals surface area contributed by atoms with E-state index in [-0.39, 0.29) is 6.04 Å². The van der Waals surface area contributed by atoms with Crippen molar-refractivity contribution < 1.29 is 0 Å². The number of rotatable bonds is 6. The largest absolute Gasteiger partial charge is 0.312 e. The molecule has 0 aliphatic rings. The second-order valence-electron chi connectivity index (χ2n) is 4.55. The Hall–Kier alpha value is -0.360. The molecule has 20 heavy (non-hydrogen) atoms. The minimum absolute atomic E-state index is 0.244. The van der Waals surface area contributed by atoms with E-state index in [2.05, 4.69) is 51.6 Å². The van der Waals surface area contributed by atoms with Gasteiger partial charge >= 0.3 is 0 Å². The highest BCUT2D eigenvalue weighted by atomic mass is 79.9. The Balaban J connectivity index is 2.32. The molecule has 0 aliphatic heterocycles. The van der Waals surface area contributed by atoms with E-state index in [0.29, 0.717) is 0 Å². The van der Waals surface area contributed by atoms with Gasteiger partial charge in [0.1, 0.15) is 0 Å². The molecule has 2 heterocycles. The number of hydrogen-bond donors (Lipinski definition) is 1. The summed E-state index contributed by atoms with van der Waals surface area (Å²) in [5.41, 5.74) is 2.11. The second-order valence-corrected chi connectivity index (χ2v) is 6.73. The quantitative estimate of drug-likeness (QED) is 0.807. The van der Waals surface area contributed by atoms with Gasteiger partial charge in [0.15, 0.2) is 0 Å². The van der Waals surface area contributed by atoms with Crippen LogP contribution in [0.1, 0.15) is 36.2 Å². The first-order chi connectivity index (χ1) is 9.62. The van der Waals surface area contributed by atoms with Gasteiger partial charge in [-0.2, -0.15) is 5.10 Å². The molecular weight excluding hydrogens is 358 g/mol. The number of likely N-dealkylation sites (N-methyl/N-ethyl adjacent to an activating group) is 1. The van der Waals surface area contributed by atoms with Gasteiger partial charge in [0, 0.05) is 28.4 Å². The third-order valence-corrected chi connectivity index (χ3v) is 5.82. The van der Waals surface area contributed by atoms with Crippen molar-refractivity contribution in [3.8, 4) is 0 Å². The van der Waals surface area contributed by atoms with Crippen LogP contribution in [0.4, 0.5) is 0 Å². The molecule has 1 atom stereocenters. The molecule has 0 radical (unpaired) electrons. The third kappa shape index (κ3) is 3.11. The molecule has 6 heteroatoms. The summed E-state index contributed by atoms with van der Waals surface area (Å²) in [6, 6.07) is 2.33. The SMILES string of the molecule is CCc1nn(CC)c(CC(NC)c2sccc2Br)c1Cl. The first-order valence-corrected chi connectivity index (χ1v) is 8.81. The van der Waals surface area contributed by atoms with Gasteiger partial charge in [-0.05, 0) is 47.8 Å². The van der Waals surface area contributed by atoms with Gasteiger partial charge in [0.2, 0.25) is 0 Å². The Labute approximate surface area is 137 Å². The van der Waals surface area contributed by atoms with Crippen LogP contribution in [0, 0.1) is 0 Å². The van der Waals surface area contributed by atoms with Gasteiger partial charge < -0.3 is 5.32 Å². The van der Waals surface area contributed by atoms with Crippen LogP contribution in [0.5, 0.6) is 0 Å². The minimum atomic E-state index is 0.244. The van der Waals surface area contributed by atoms with Crippen molar-refractivity contribution in [3.63, 3.8) is 0 Å². The van der Waals surface area contributed by atoms with Crippen molar-refractivity contribution >= 4 is 38.9 Å². The average Bonchev–Trinajstić information content (AvgIpc) is 3.00. The first-order valence-electron chi connectivity index (χ1n) is 6.76. The van der Waals surface area contributed by atoms with Crippen molar-refractivity contribution in [3.05, 3.63) is 37.2 Å². The highest BCUT2D eigenvalue weighted by molar-refractivity contribution is 9.10. The molecule has 1 N–H and O–H groups in total. The summed E-state index contributed by atoms with van der Waals surface area (Å²) in [5, 5.41) is 10.9. The lowest BCUT2D eigenvalue weighted by molar-refractivity contribution is 0.545. The normalized spacial score (nSPS) is 12.8. The molecule has 3 nitrogen and oxygen atoms in total. The Bertz CT molecular complexity index is 579. The summed E-state index contributed by atoms with van der Waals surface area (Å²) in [7, 11) is 1.98. The van der Waals surface area contributed by atoms with Crippen molar-refractivity contribution in [1.82, 2.24) is 15.1 Å². The fraction of sp³-hybridized carbons (Fsp3) is 0.500. The summed E-state index contributed by atoms with van der Waals surface area (Å²) in [6.07, 6.45) is 1.71. The molecule has 2 rings (SSSR count). The van der Waals surface area contributed by atoms with Crippen LogP contribution in [0.15, 0.2) is 15.9 Å². The molecule has 1 unspecified atom stereocenters. The Morgan fingerprint density at radius 3 is 2.75 bits per heavy atom. The van der Waals surface area contributed by atoms with Crippen molar-refractivity contribution in [2.75, 3.05) is 7.05 Å². The lowest BCUT2D eigenvalue weighted by Gasteiger charge is -2.16. The predicted octanol–water partition coefficient (Wildman–Crippen LogP) is 4.45. The molecular formula is C14H19BrClN3S. The summed E-state index contributed by atoms with van der Waals surface area (Å²) in [6.45, 7) is 5.03. The van der Waals surface area contributed by atoms with Crippen LogP contribution in [0.3, 0.4) is 0 Å². The molecule has 0 aliphatic carbocycles. The Kier molecular flexibility index (Phi) is 5.66. The molecule has 0 spiro atoms. The average molecular weight is 377 g/mol. The van der Waals surface area contributed by atoms with E-state index in [0.717, 1.165) is 40.3 Å². The molecule has 2 aromatic rings. The van der Waals surface area contributed by atoms with Crippen molar-refractivity contribution in [2.24, 2.45) is 0 Å². The summed E-state index contributed by atoms with van der Waals surface area (Å²) in [4.78, 5) is 1.30. The second kappa shape index (κ2) is 7.07. The van der Waals surface area contributed by atoms with E-state index in [1.807, 2.05) is 11.7 Å². The van der Waals surface area contributed by atoms with Gasteiger partial charge in [-0.25, -0.2) is 0 Å². The van der Waals surface area contributed by atoms with Gasteiger partial charge in [0.25, 0.3) is 0 Å². The van der Waals surface area contributed by atoms with E-state index < -0.39 is 0 Å². The zero-order valence-corrected chi connectivity index (χ0v) is 15.1. The molecule has 0 fully saturated rings. The molecule has 2 aromatic heterocycles. The maximum Gasteiger partial charge on any atom is 0.0850 e. The number of nitrogens with zero attached hydrogens (tertiary/aromatic N) is 2. The number of thiophene rings is 1. The van der Waals surface area contributed by atoms with Crippen LogP contribution in [-0.4, -0.2) is 16.8 Å². The topological polar surface area (TPSA) is 29.9 Å². The first kappa shape index (κ1) is 16.0.